The first-order valence-electron chi connectivity index (χ1n) is 9.65. The van der Waals surface area contributed by atoms with Crippen LogP contribution in [0.1, 0.15) is 84.0 Å². The zero-order chi connectivity index (χ0) is 15.4. The molecule has 0 aromatic rings. The average Bonchev–Trinajstić information content (AvgIpc) is 2.55. The van der Waals surface area contributed by atoms with Crippen molar-refractivity contribution in [3.63, 3.8) is 0 Å². The number of hydrogen-bond donors (Lipinski definition) is 1. The third-order valence-electron chi connectivity index (χ3n) is 6.14. The standard InChI is InChI=1S/C19H33NO2/c1-14(21)20-17-12-18(15-8-4-2-5-9-15)22-19(13-17)16-10-6-3-7-11-16/h15-19H,2-13H2,1H3,(H,20,21)/t18-,19-/m1/s1. The Morgan fingerprint density at radius 3 is 1.68 bits per heavy atom. The number of amides is 1. The second kappa shape index (κ2) is 7.81. The lowest BCUT2D eigenvalue weighted by atomic mass is 9.77. The van der Waals surface area contributed by atoms with E-state index in [0.29, 0.717) is 18.2 Å². The molecule has 3 fully saturated rings. The van der Waals surface area contributed by atoms with Gasteiger partial charge in [0.15, 0.2) is 0 Å². The molecule has 22 heavy (non-hydrogen) atoms. The third kappa shape index (κ3) is 4.24. The van der Waals surface area contributed by atoms with Crippen LogP contribution >= 0.6 is 0 Å². The minimum atomic E-state index is 0.122. The number of hydrogen-bond acceptors (Lipinski definition) is 2. The Morgan fingerprint density at radius 2 is 1.27 bits per heavy atom. The smallest absolute Gasteiger partial charge is 0.217 e. The normalized spacial score (nSPS) is 35.2. The summed E-state index contributed by atoms with van der Waals surface area (Å²) in [5.74, 6) is 1.59. The van der Waals surface area contributed by atoms with Gasteiger partial charge in [0.05, 0.1) is 12.2 Å². The van der Waals surface area contributed by atoms with E-state index in [1.54, 1.807) is 6.92 Å². The van der Waals surface area contributed by atoms with Gasteiger partial charge < -0.3 is 10.1 Å². The molecular formula is C19H33NO2. The Hall–Kier alpha value is -0.570. The van der Waals surface area contributed by atoms with Gasteiger partial charge >= 0.3 is 0 Å². The van der Waals surface area contributed by atoms with Gasteiger partial charge in [-0.15, -0.1) is 0 Å². The molecular weight excluding hydrogens is 274 g/mol. The number of ether oxygens (including phenoxy) is 1. The fourth-order valence-electron chi connectivity index (χ4n) is 5.02. The molecule has 2 atom stereocenters. The molecule has 0 spiro atoms. The summed E-state index contributed by atoms with van der Waals surface area (Å²) in [6, 6.07) is 0.338. The molecule has 2 saturated carbocycles. The predicted octanol–water partition coefficient (Wildman–Crippen LogP) is 4.20. The van der Waals surface area contributed by atoms with Crippen molar-refractivity contribution in [3.05, 3.63) is 0 Å². The average molecular weight is 307 g/mol. The second-order valence-electron chi connectivity index (χ2n) is 7.88. The van der Waals surface area contributed by atoms with E-state index >= 15 is 0 Å². The van der Waals surface area contributed by atoms with Crippen molar-refractivity contribution < 1.29 is 9.53 Å². The lowest BCUT2D eigenvalue weighted by molar-refractivity contribution is -0.131. The number of carbonyl (C=O) groups is 1. The van der Waals surface area contributed by atoms with E-state index in [1.807, 2.05) is 0 Å². The fourth-order valence-corrected chi connectivity index (χ4v) is 5.02. The van der Waals surface area contributed by atoms with Crippen molar-refractivity contribution in [3.8, 4) is 0 Å². The van der Waals surface area contributed by atoms with Gasteiger partial charge in [0.25, 0.3) is 0 Å². The van der Waals surface area contributed by atoms with Crippen LogP contribution in [0.2, 0.25) is 0 Å². The van der Waals surface area contributed by atoms with E-state index in [2.05, 4.69) is 5.32 Å². The molecule has 3 heteroatoms. The third-order valence-corrected chi connectivity index (χ3v) is 6.14. The molecule has 2 aliphatic carbocycles. The summed E-state index contributed by atoms with van der Waals surface area (Å²) < 4.78 is 6.63. The van der Waals surface area contributed by atoms with E-state index in [1.165, 1.54) is 64.2 Å². The summed E-state index contributed by atoms with van der Waals surface area (Å²) in [6.45, 7) is 1.65. The van der Waals surface area contributed by atoms with Crippen molar-refractivity contribution in [1.82, 2.24) is 5.32 Å². The van der Waals surface area contributed by atoms with E-state index in [0.717, 1.165) is 24.7 Å². The summed E-state index contributed by atoms with van der Waals surface area (Å²) >= 11 is 0. The topological polar surface area (TPSA) is 38.3 Å². The van der Waals surface area contributed by atoms with Crippen molar-refractivity contribution in [1.29, 1.82) is 0 Å². The van der Waals surface area contributed by atoms with Crippen LogP contribution in [-0.4, -0.2) is 24.2 Å². The molecule has 1 saturated heterocycles. The van der Waals surface area contributed by atoms with Crippen molar-refractivity contribution >= 4 is 5.91 Å². The highest BCUT2D eigenvalue weighted by atomic mass is 16.5. The molecule has 0 radical (unpaired) electrons. The molecule has 3 aliphatic rings. The first kappa shape index (κ1) is 16.3. The molecule has 0 bridgehead atoms. The Labute approximate surface area is 135 Å². The summed E-state index contributed by atoms with van der Waals surface area (Å²) in [4.78, 5) is 11.5. The summed E-state index contributed by atoms with van der Waals surface area (Å²) in [6.07, 6.45) is 16.4. The molecule has 3 nitrogen and oxygen atoms in total. The molecule has 1 heterocycles. The summed E-state index contributed by atoms with van der Waals surface area (Å²) in [5, 5.41) is 3.20. The largest absolute Gasteiger partial charge is 0.374 e. The van der Waals surface area contributed by atoms with Crippen LogP contribution in [0.3, 0.4) is 0 Å². The summed E-state index contributed by atoms with van der Waals surface area (Å²) in [7, 11) is 0. The van der Waals surface area contributed by atoms with E-state index in [-0.39, 0.29) is 5.91 Å². The van der Waals surface area contributed by atoms with Gasteiger partial charge in [-0.05, 0) is 50.4 Å². The lowest BCUT2D eigenvalue weighted by Crippen LogP contribution is -2.49. The van der Waals surface area contributed by atoms with Gasteiger partial charge in [-0.1, -0.05) is 38.5 Å². The highest BCUT2D eigenvalue weighted by Gasteiger charge is 2.38. The van der Waals surface area contributed by atoms with Crippen LogP contribution in [0.25, 0.3) is 0 Å². The number of carbonyl (C=O) groups excluding carboxylic acids is 1. The van der Waals surface area contributed by atoms with Gasteiger partial charge in [-0.3, -0.25) is 4.79 Å². The Morgan fingerprint density at radius 1 is 0.818 bits per heavy atom. The van der Waals surface area contributed by atoms with E-state index in [4.69, 9.17) is 4.74 Å². The zero-order valence-electron chi connectivity index (χ0n) is 14.2. The van der Waals surface area contributed by atoms with Gasteiger partial charge in [0, 0.05) is 13.0 Å². The Kier molecular flexibility index (Phi) is 5.78. The molecule has 1 N–H and O–H groups in total. The van der Waals surface area contributed by atoms with Gasteiger partial charge in [-0.25, -0.2) is 0 Å². The summed E-state index contributed by atoms with van der Waals surface area (Å²) in [5.41, 5.74) is 0. The van der Waals surface area contributed by atoms with Crippen LogP contribution in [0, 0.1) is 11.8 Å². The quantitative estimate of drug-likeness (QED) is 0.848. The van der Waals surface area contributed by atoms with E-state index in [9.17, 15) is 4.79 Å². The van der Waals surface area contributed by atoms with Crippen LogP contribution < -0.4 is 5.32 Å². The highest BCUT2D eigenvalue weighted by molar-refractivity contribution is 5.73. The minimum Gasteiger partial charge on any atom is -0.374 e. The van der Waals surface area contributed by atoms with Crippen molar-refractivity contribution in [2.45, 2.75) is 102 Å². The molecule has 0 aromatic carbocycles. The SMILES string of the molecule is CC(=O)NC1C[C@H](C2CCCCC2)O[C@@H](C2CCCCC2)C1. The zero-order valence-corrected chi connectivity index (χ0v) is 14.2. The van der Waals surface area contributed by atoms with Gasteiger partial charge in [0.1, 0.15) is 0 Å². The van der Waals surface area contributed by atoms with Crippen LogP contribution in [0.4, 0.5) is 0 Å². The molecule has 126 valence electrons. The van der Waals surface area contributed by atoms with Crippen molar-refractivity contribution in [2.75, 3.05) is 0 Å². The Balaban J connectivity index is 1.65. The van der Waals surface area contributed by atoms with E-state index < -0.39 is 0 Å². The predicted molar refractivity (Wildman–Crippen MR) is 88.6 cm³/mol. The molecule has 0 unspecified atom stereocenters. The van der Waals surface area contributed by atoms with Crippen LogP contribution in [-0.2, 0) is 9.53 Å². The van der Waals surface area contributed by atoms with Crippen LogP contribution in [0.15, 0.2) is 0 Å². The molecule has 3 rings (SSSR count). The van der Waals surface area contributed by atoms with Crippen molar-refractivity contribution in [2.24, 2.45) is 11.8 Å². The fraction of sp³-hybridized carbons (Fsp3) is 0.947. The van der Waals surface area contributed by atoms with Gasteiger partial charge in [-0.2, -0.15) is 0 Å². The number of nitrogens with one attached hydrogen (secondary N) is 1. The van der Waals surface area contributed by atoms with Crippen LogP contribution in [0.5, 0.6) is 0 Å². The number of rotatable bonds is 3. The second-order valence-corrected chi connectivity index (χ2v) is 7.88. The first-order valence-corrected chi connectivity index (χ1v) is 9.65. The molecule has 1 aliphatic heterocycles. The first-order chi connectivity index (χ1) is 10.7. The molecule has 1 amide bonds. The maximum Gasteiger partial charge on any atom is 0.217 e. The highest BCUT2D eigenvalue weighted by Crippen LogP contribution is 2.38. The minimum absolute atomic E-state index is 0.122. The molecule has 0 aromatic heterocycles. The maximum absolute atomic E-state index is 11.5. The maximum atomic E-state index is 11.5. The monoisotopic (exact) mass is 307 g/mol. The lowest BCUT2D eigenvalue weighted by Gasteiger charge is -2.44. The van der Waals surface area contributed by atoms with Gasteiger partial charge in [0.2, 0.25) is 5.91 Å². The Bertz CT molecular complexity index is 332.